The van der Waals surface area contributed by atoms with Crippen molar-refractivity contribution in [1.29, 1.82) is 0 Å². The van der Waals surface area contributed by atoms with Gasteiger partial charge in [0.1, 0.15) is 0 Å². The van der Waals surface area contributed by atoms with E-state index in [1.165, 1.54) is 43.2 Å². The summed E-state index contributed by atoms with van der Waals surface area (Å²) in [5.74, 6) is 0.768. The van der Waals surface area contributed by atoms with Crippen molar-refractivity contribution in [1.82, 2.24) is 0 Å². The fraction of sp³-hybridized carbons (Fsp3) is 0.647. The number of rotatable bonds is 5. The number of ether oxygens (including phenoxy) is 1. The molecule has 0 spiro atoms. The molecule has 1 saturated carbocycles. The first kappa shape index (κ1) is 15.3. The highest BCUT2D eigenvalue weighted by Crippen LogP contribution is 2.33. The van der Waals surface area contributed by atoms with Crippen LogP contribution in [0.15, 0.2) is 24.3 Å². The van der Waals surface area contributed by atoms with Crippen LogP contribution in [0.3, 0.4) is 0 Å². The molecule has 3 unspecified atom stereocenters. The van der Waals surface area contributed by atoms with Crippen molar-refractivity contribution in [2.75, 3.05) is 4.43 Å². The van der Waals surface area contributed by atoms with Gasteiger partial charge in [0.15, 0.2) is 0 Å². The molecule has 1 aromatic rings. The second-order valence-electron chi connectivity index (χ2n) is 5.68. The number of alkyl halides is 1. The summed E-state index contributed by atoms with van der Waals surface area (Å²) in [7, 11) is 0. The minimum Gasteiger partial charge on any atom is -0.369 e. The summed E-state index contributed by atoms with van der Waals surface area (Å²) in [6.45, 7) is 4.46. The highest BCUT2D eigenvalue weighted by molar-refractivity contribution is 14.1. The molecule has 0 N–H and O–H groups in total. The van der Waals surface area contributed by atoms with E-state index in [0.717, 1.165) is 10.3 Å². The van der Waals surface area contributed by atoms with Crippen molar-refractivity contribution >= 4 is 22.6 Å². The molecule has 2 heteroatoms. The van der Waals surface area contributed by atoms with E-state index in [1.54, 1.807) is 0 Å². The fourth-order valence-corrected chi connectivity index (χ4v) is 3.82. The zero-order valence-corrected chi connectivity index (χ0v) is 14.2. The second kappa shape index (κ2) is 7.63. The lowest BCUT2D eigenvalue weighted by Crippen LogP contribution is -2.29. The average molecular weight is 372 g/mol. The average Bonchev–Trinajstić information content (AvgIpc) is 2.45. The standard InChI is InChI=1S/C17H25IO/c1-3-14-8-4-5-10-16(14)19-17(12-18)15-9-6-7-13(2)11-15/h6-7,9,11,14,16-17H,3-5,8,10,12H2,1-2H3. The summed E-state index contributed by atoms with van der Waals surface area (Å²) >= 11 is 2.45. The van der Waals surface area contributed by atoms with Gasteiger partial charge in [-0.3, -0.25) is 0 Å². The normalized spacial score (nSPS) is 25.2. The van der Waals surface area contributed by atoms with Gasteiger partial charge in [-0.25, -0.2) is 0 Å². The summed E-state index contributed by atoms with van der Waals surface area (Å²) in [5.41, 5.74) is 2.67. The fourth-order valence-electron chi connectivity index (χ4n) is 3.11. The minimum atomic E-state index is 0.262. The van der Waals surface area contributed by atoms with Crippen LogP contribution in [0.5, 0.6) is 0 Å². The van der Waals surface area contributed by atoms with Gasteiger partial charge in [0.2, 0.25) is 0 Å². The molecule has 0 saturated heterocycles. The number of aryl methyl sites for hydroxylation is 1. The Kier molecular flexibility index (Phi) is 6.14. The first-order valence-corrected chi connectivity index (χ1v) is 9.05. The van der Waals surface area contributed by atoms with Crippen LogP contribution in [-0.4, -0.2) is 10.5 Å². The molecule has 0 radical (unpaired) electrons. The van der Waals surface area contributed by atoms with Crippen LogP contribution >= 0.6 is 22.6 Å². The molecular formula is C17H25IO. The topological polar surface area (TPSA) is 9.23 Å². The smallest absolute Gasteiger partial charge is 0.0918 e. The van der Waals surface area contributed by atoms with Crippen molar-refractivity contribution in [2.24, 2.45) is 5.92 Å². The van der Waals surface area contributed by atoms with Gasteiger partial charge in [0, 0.05) is 4.43 Å². The van der Waals surface area contributed by atoms with Crippen LogP contribution in [0, 0.1) is 12.8 Å². The van der Waals surface area contributed by atoms with Crippen LogP contribution in [0.25, 0.3) is 0 Å². The van der Waals surface area contributed by atoms with E-state index in [-0.39, 0.29) is 6.10 Å². The maximum absolute atomic E-state index is 6.48. The van der Waals surface area contributed by atoms with E-state index >= 15 is 0 Å². The molecule has 0 bridgehead atoms. The Morgan fingerprint density at radius 1 is 1.32 bits per heavy atom. The third kappa shape index (κ3) is 4.19. The van der Waals surface area contributed by atoms with Gasteiger partial charge in [0.25, 0.3) is 0 Å². The Morgan fingerprint density at radius 3 is 2.79 bits per heavy atom. The molecule has 0 aliphatic heterocycles. The summed E-state index contributed by atoms with van der Waals surface area (Å²) in [6.07, 6.45) is 7.31. The predicted octanol–water partition coefficient (Wildman–Crippen LogP) is 5.46. The Morgan fingerprint density at radius 2 is 2.11 bits per heavy atom. The number of benzene rings is 1. The van der Waals surface area contributed by atoms with Crippen molar-refractivity contribution in [3.8, 4) is 0 Å². The van der Waals surface area contributed by atoms with Gasteiger partial charge in [-0.2, -0.15) is 0 Å². The Hall–Kier alpha value is -0.0900. The highest BCUT2D eigenvalue weighted by atomic mass is 127. The predicted molar refractivity (Wildman–Crippen MR) is 89.9 cm³/mol. The van der Waals surface area contributed by atoms with Gasteiger partial charge in [-0.1, -0.05) is 78.6 Å². The first-order chi connectivity index (χ1) is 9.24. The van der Waals surface area contributed by atoms with E-state index in [4.69, 9.17) is 4.74 Å². The number of hydrogen-bond donors (Lipinski definition) is 0. The van der Waals surface area contributed by atoms with Crippen LogP contribution in [0.4, 0.5) is 0 Å². The van der Waals surface area contributed by atoms with Gasteiger partial charge in [-0.15, -0.1) is 0 Å². The monoisotopic (exact) mass is 372 g/mol. The Bertz CT molecular complexity index is 391. The molecule has 1 aliphatic rings. The maximum atomic E-state index is 6.48. The molecule has 1 nitrogen and oxygen atoms in total. The number of hydrogen-bond acceptors (Lipinski definition) is 1. The second-order valence-corrected chi connectivity index (χ2v) is 6.57. The lowest BCUT2D eigenvalue weighted by atomic mass is 9.84. The largest absolute Gasteiger partial charge is 0.369 e. The Balaban J connectivity index is 2.05. The van der Waals surface area contributed by atoms with Crippen molar-refractivity contribution in [2.45, 2.75) is 58.2 Å². The molecule has 1 fully saturated rings. The molecule has 1 aromatic carbocycles. The summed E-state index contributed by atoms with van der Waals surface area (Å²) < 4.78 is 7.51. The van der Waals surface area contributed by atoms with Gasteiger partial charge in [0.05, 0.1) is 12.2 Å². The van der Waals surface area contributed by atoms with E-state index < -0.39 is 0 Å². The molecule has 2 rings (SSSR count). The molecule has 106 valence electrons. The van der Waals surface area contributed by atoms with E-state index in [9.17, 15) is 0 Å². The SMILES string of the molecule is CCC1CCCCC1OC(CI)c1cccc(C)c1. The third-order valence-corrected chi connectivity index (χ3v) is 5.06. The zero-order chi connectivity index (χ0) is 13.7. The maximum Gasteiger partial charge on any atom is 0.0918 e. The van der Waals surface area contributed by atoms with Crippen LogP contribution in [-0.2, 0) is 4.74 Å². The molecule has 0 aromatic heterocycles. The van der Waals surface area contributed by atoms with Crippen molar-refractivity contribution in [3.05, 3.63) is 35.4 Å². The summed E-state index contributed by atoms with van der Waals surface area (Å²) in [4.78, 5) is 0. The lowest BCUT2D eigenvalue weighted by Gasteiger charge is -2.33. The van der Waals surface area contributed by atoms with E-state index in [1.807, 2.05) is 0 Å². The first-order valence-electron chi connectivity index (χ1n) is 7.52. The van der Waals surface area contributed by atoms with Gasteiger partial charge < -0.3 is 4.74 Å². The number of halogens is 1. The van der Waals surface area contributed by atoms with Gasteiger partial charge >= 0.3 is 0 Å². The van der Waals surface area contributed by atoms with Crippen LogP contribution in [0.1, 0.15) is 56.3 Å². The van der Waals surface area contributed by atoms with E-state index in [2.05, 4.69) is 60.7 Å². The molecule has 3 atom stereocenters. The lowest BCUT2D eigenvalue weighted by molar-refractivity contribution is -0.0517. The van der Waals surface area contributed by atoms with Gasteiger partial charge in [-0.05, 0) is 31.2 Å². The Labute approximate surface area is 131 Å². The van der Waals surface area contributed by atoms with Crippen molar-refractivity contribution < 1.29 is 4.74 Å². The molecule has 0 amide bonds. The minimum absolute atomic E-state index is 0.262. The third-order valence-electron chi connectivity index (χ3n) is 4.26. The van der Waals surface area contributed by atoms with Crippen molar-refractivity contribution in [3.63, 3.8) is 0 Å². The molecule has 0 heterocycles. The zero-order valence-electron chi connectivity index (χ0n) is 12.1. The summed E-state index contributed by atoms with van der Waals surface area (Å²) in [6, 6.07) is 8.78. The quantitative estimate of drug-likeness (QED) is 0.493. The van der Waals surface area contributed by atoms with Crippen LogP contribution < -0.4 is 0 Å². The summed E-state index contributed by atoms with van der Waals surface area (Å²) in [5, 5.41) is 0. The van der Waals surface area contributed by atoms with E-state index in [0.29, 0.717) is 6.10 Å². The molecule has 1 aliphatic carbocycles. The van der Waals surface area contributed by atoms with Crippen LogP contribution in [0.2, 0.25) is 0 Å². The molecule has 19 heavy (non-hydrogen) atoms. The highest BCUT2D eigenvalue weighted by Gasteiger charge is 2.27. The molecular weight excluding hydrogens is 347 g/mol.